The molecule has 0 saturated carbocycles. The van der Waals surface area contributed by atoms with Crippen LogP contribution >= 0.6 is 11.6 Å². The molecule has 2 aromatic rings. The smallest absolute Gasteiger partial charge is 0.280 e. The molecule has 2 rings (SSSR count). The maximum absolute atomic E-state index is 12.5. The number of benzene rings is 2. The third kappa shape index (κ3) is 5.81. The van der Waals surface area contributed by atoms with E-state index in [2.05, 4.69) is 4.72 Å². The molecule has 9 nitrogen and oxygen atoms in total. The van der Waals surface area contributed by atoms with Gasteiger partial charge in [0.25, 0.3) is 15.7 Å². The molecule has 0 aliphatic rings. The van der Waals surface area contributed by atoms with Gasteiger partial charge in [0.15, 0.2) is 0 Å². The van der Waals surface area contributed by atoms with Crippen LogP contribution in [0.25, 0.3) is 0 Å². The van der Waals surface area contributed by atoms with Gasteiger partial charge in [-0.3, -0.25) is 14.8 Å². The van der Waals surface area contributed by atoms with Gasteiger partial charge in [0.1, 0.15) is 6.54 Å². The summed E-state index contributed by atoms with van der Waals surface area (Å²) in [5.41, 5.74) is -0.578. The average Bonchev–Trinajstić information content (AvgIpc) is 2.61. The molecule has 0 aliphatic carbocycles. The van der Waals surface area contributed by atoms with E-state index in [1.807, 2.05) is 0 Å². The lowest BCUT2D eigenvalue weighted by Gasteiger charge is -2.11. The number of hydrogen-bond donors (Lipinski definition) is 2. The summed E-state index contributed by atoms with van der Waals surface area (Å²) >= 11 is 5.85. The summed E-state index contributed by atoms with van der Waals surface area (Å²) in [7, 11) is -8.81. The van der Waals surface area contributed by atoms with Crippen molar-refractivity contribution in [2.75, 3.05) is 11.3 Å². The Morgan fingerprint density at radius 2 is 1.60 bits per heavy atom. The molecule has 2 aromatic carbocycles. The number of anilines is 1. The third-order valence-electron chi connectivity index (χ3n) is 3.68. The predicted molar refractivity (Wildman–Crippen MR) is 101 cm³/mol. The fourth-order valence-corrected chi connectivity index (χ4v) is 4.56. The molecule has 0 spiro atoms. The second-order valence-corrected chi connectivity index (χ2v) is 9.73. The van der Waals surface area contributed by atoms with Crippen LogP contribution in [0.1, 0.15) is 5.56 Å². The highest BCUT2D eigenvalue weighted by Gasteiger charge is 2.30. The van der Waals surface area contributed by atoms with E-state index in [4.69, 9.17) is 11.6 Å². The van der Waals surface area contributed by atoms with Crippen molar-refractivity contribution in [3.63, 3.8) is 0 Å². The molecule has 0 radical (unpaired) electrons. The molecule has 2 N–H and O–H groups in total. The summed E-state index contributed by atoms with van der Waals surface area (Å²) in [6, 6.07) is 5.60. The fourth-order valence-electron chi connectivity index (χ4n) is 2.16. The van der Waals surface area contributed by atoms with Crippen molar-refractivity contribution in [3.05, 3.63) is 57.1 Å². The molecule has 0 bridgehead atoms. The molecular weight excluding hydrogens is 475 g/mol. The molecule has 0 aliphatic heterocycles. The number of alkyl halides is 3. The number of sulfonamides is 2. The van der Waals surface area contributed by atoms with E-state index in [1.165, 1.54) is 11.6 Å². The standard InChI is InChI=1S/C15H13ClF3N3O6S2/c1-9-13(16)6-12(7-14(9)22(23)24)30(27,28)21-10-2-4-11(5-3-10)29(25,26)20-8-15(17,18)19/h2-7,20-21H,8H2,1H3. The summed E-state index contributed by atoms with van der Waals surface area (Å²) in [6.07, 6.45) is -4.75. The molecule has 0 unspecified atom stereocenters. The normalized spacial score (nSPS) is 12.6. The number of hydrogen-bond acceptors (Lipinski definition) is 6. The molecule has 30 heavy (non-hydrogen) atoms. The number of nitrogens with zero attached hydrogens (tertiary/aromatic N) is 1. The number of nitrogens with one attached hydrogen (secondary N) is 2. The van der Waals surface area contributed by atoms with Crippen molar-refractivity contribution in [2.45, 2.75) is 22.9 Å². The molecule has 15 heteroatoms. The molecule has 0 atom stereocenters. The van der Waals surface area contributed by atoms with E-state index >= 15 is 0 Å². The summed E-state index contributed by atoms with van der Waals surface area (Å²) in [4.78, 5) is 9.23. The van der Waals surface area contributed by atoms with Gasteiger partial charge in [-0.2, -0.15) is 13.2 Å². The second kappa shape index (κ2) is 8.37. The van der Waals surface area contributed by atoms with Crippen LogP contribution in [0.3, 0.4) is 0 Å². The summed E-state index contributed by atoms with van der Waals surface area (Å²) in [5, 5.41) is 10.9. The van der Waals surface area contributed by atoms with Crippen molar-refractivity contribution < 1.29 is 34.9 Å². The van der Waals surface area contributed by atoms with Gasteiger partial charge in [0.05, 0.1) is 19.7 Å². The van der Waals surface area contributed by atoms with E-state index in [-0.39, 0.29) is 16.3 Å². The highest BCUT2D eigenvalue weighted by Crippen LogP contribution is 2.30. The molecule has 164 valence electrons. The van der Waals surface area contributed by atoms with Crippen LogP contribution in [0, 0.1) is 17.0 Å². The Labute approximate surface area is 174 Å². The topological polar surface area (TPSA) is 135 Å². The van der Waals surface area contributed by atoms with Crippen LogP contribution < -0.4 is 9.44 Å². The van der Waals surface area contributed by atoms with E-state index in [9.17, 15) is 40.1 Å². The first-order valence-electron chi connectivity index (χ1n) is 7.76. The Morgan fingerprint density at radius 1 is 1.03 bits per heavy atom. The number of halogens is 4. The number of nitro benzene ring substituents is 1. The average molecular weight is 488 g/mol. The largest absolute Gasteiger partial charge is 0.402 e. The van der Waals surface area contributed by atoms with Crippen LogP contribution in [0.5, 0.6) is 0 Å². The van der Waals surface area contributed by atoms with Gasteiger partial charge < -0.3 is 0 Å². The van der Waals surface area contributed by atoms with Gasteiger partial charge in [0.2, 0.25) is 10.0 Å². The second-order valence-electron chi connectivity index (χ2n) is 5.88. The number of nitro groups is 1. The zero-order valence-corrected chi connectivity index (χ0v) is 17.3. The van der Waals surface area contributed by atoms with Crippen LogP contribution in [0.4, 0.5) is 24.5 Å². The fraction of sp³-hybridized carbons (Fsp3) is 0.200. The van der Waals surface area contributed by atoms with Crippen molar-refractivity contribution in [1.29, 1.82) is 0 Å². The molecule has 0 saturated heterocycles. The Morgan fingerprint density at radius 3 is 2.10 bits per heavy atom. The van der Waals surface area contributed by atoms with Gasteiger partial charge in [0, 0.05) is 17.3 Å². The predicted octanol–water partition coefficient (Wildman–Crippen LogP) is 3.20. The first kappa shape index (κ1) is 23.9. The zero-order chi connectivity index (χ0) is 22.9. The van der Waals surface area contributed by atoms with E-state index in [1.54, 1.807) is 0 Å². The van der Waals surface area contributed by atoms with Crippen molar-refractivity contribution >= 4 is 43.0 Å². The summed E-state index contributed by atoms with van der Waals surface area (Å²) in [5.74, 6) is 0. The lowest BCUT2D eigenvalue weighted by molar-refractivity contribution is -0.385. The molecular formula is C15H13ClF3N3O6S2. The van der Waals surface area contributed by atoms with Crippen LogP contribution in [-0.4, -0.2) is 34.5 Å². The van der Waals surface area contributed by atoms with Gasteiger partial charge in [-0.05, 0) is 37.3 Å². The summed E-state index contributed by atoms with van der Waals surface area (Å²) in [6.45, 7) is -0.424. The van der Waals surface area contributed by atoms with Gasteiger partial charge >= 0.3 is 6.18 Å². The molecule has 0 heterocycles. The Bertz CT molecular complexity index is 1180. The molecule has 0 amide bonds. The number of rotatable bonds is 7. The van der Waals surface area contributed by atoms with E-state index in [0.29, 0.717) is 0 Å². The van der Waals surface area contributed by atoms with E-state index < -0.39 is 53.2 Å². The van der Waals surface area contributed by atoms with Gasteiger partial charge in [-0.15, -0.1) is 0 Å². The van der Waals surface area contributed by atoms with Crippen LogP contribution in [0.15, 0.2) is 46.2 Å². The Hall–Kier alpha value is -2.42. The molecule has 0 fully saturated rings. The van der Waals surface area contributed by atoms with Gasteiger partial charge in [-0.25, -0.2) is 21.6 Å². The highest BCUT2D eigenvalue weighted by molar-refractivity contribution is 7.92. The highest BCUT2D eigenvalue weighted by atomic mass is 35.5. The minimum atomic E-state index is -4.75. The maximum Gasteiger partial charge on any atom is 0.402 e. The maximum atomic E-state index is 12.5. The first-order chi connectivity index (χ1) is 13.6. The minimum absolute atomic E-state index is 0.0709. The SMILES string of the molecule is Cc1c(Cl)cc(S(=O)(=O)Nc2ccc(S(=O)(=O)NCC(F)(F)F)cc2)cc1[N+](=O)[O-]. The third-order valence-corrected chi connectivity index (χ3v) is 6.85. The first-order valence-corrected chi connectivity index (χ1v) is 11.1. The van der Waals surface area contributed by atoms with Crippen LogP contribution in [0.2, 0.25) is 5.02 Å². The Kier molecular flexibility index (Phi) is 6.66. The van der Waals surface area contributed by atoms with Gasteiger partial charge in [-0.1, -0.05) is 11.6 Å². The van der Waals surface area contributed by atoms with Crippen molar-refractivity contribution in [2.24, 2.45) is 0 Å². The van der Waals surface area contributed by atoms with Crippen LogP contribution in [-0.2, 0) is 20.0 Å². The quantitative estimate of drug-likeness (QED) is 0.454. The zero-order valence-electron chi connectivity index (χ0n) is 14.9. The monoisotopic (exact) mass is 487 g/mol. The summed E-state index contributed by atoms with van der Waals surface area (Å²) < 4.78 is 88.7. The lowest BCUT2D eigenvalue weighted by Crippen LogP contribution is -2.33. The lowest BCUT2D eigenvalue weighted by atomic mass is 10.2. The van der Waals surface area contributed by atoms with E-state index in [0.717, 1.165) is 36.4 Å². The van der Waals surface area contributed by atoms with Crippen molar-refractivity contribution in [3.8, 4) is 0 Å². The Balaban J connectivity index is 2.28. The minimum Gasteiger partial charge on any atom is -0.280 e. The molecule has 0 aromatic heterocycles. The van der Waals surface area contributed by atoms with Crippen molar-refractivity contribution in [1.82, 2.24) is 4.72 Å².